The highest BCUT2D eigenvalue weighted by molar-refractivity contribution is 5.87. The van der Waals surface area contributed by atoms with Gasteiger partial charge in [-0.2, -0.15) is 0 Å². The van der Waals surface area contributed by atoms with Gasteiger partial charge in [0.2, 0.25) is 0 Å². The van der Waals surface area contributed by atoms with Gasteiger partial charge in [-0.25, -0.2) is 9.59 Å². The van der Waals surface area contributed by atoms with Gasteiger partial charge in [0, 0.05) is 0 Å². The fourth-order valence-corrected chi connectivity index (χ4v) is 2.65. The number of hydrogen-bond acceptors (Lipinski definition) is 3. The fourth-order valence-electron chi connectivity index (χ4n) is 2.65. The molecule has 23 heavy (non-hydrogen) atoms. The first kappa shape index (κ1) is 14.8. The topological polar surface area (TPSA) is 92.2 Å². The molecule has 0 fully saturated rings. The van der Waals surface area contributed by atoms with Crippen LogP contribution in [0.25, 0.3) is 10.9 Å². The summed E-state index contributed by atoms with van der Waals surface area (Å²) in [6.45, 7) is 1.98. The van der Waals surface area contributed by atoms with Gasteiger partial charge in [-0.15, -0.1) is 0 Å². The predicted molar refractivity (Wildman–Crippen MR) is 86.1 cm³/mol. The molecule has 0 amide bonds. The van der Waals surface area contributed by atoms with Gasteiger partial charge in [0.1, 0.15) is 0 Å². The number of carbonyl (C=O) groups is 1. The van der Waals surface area contributed by atoms with Crippen molar-refractivity contribution in [3.05, 3.63) is 80.0 Å². The summed E-state index contributed by atoms with van der Waals surface area (Å²) >= 11 is 0. The third-order valence-electron chi connectivity index (χ3n) is 3.75. The van der Waals surface area contributed by atoms with E-state index in [0.717, 1.165) is 5.56 Å². The average molecular weight is 310 g/mol. The Bertz CT molecular complexity index is 1030. The van der Waals surface area contributed by atoms with Crippen molar-refractivity contribution in [3.8, 4) is 0 Å². The van der Waals surface area contributed by atoms with E-state index in [0.29, 0.717) is 16.5 Å². The highest BCUT2D eigenvalue weighted by atomic mass is 16.4. The Morgan fingerprint density at radius 3 is 2.65 bits per heavy atom. The lowest BCUT2D eigenvalue weighted by molar-refractivity contribution is 0.0696. The molecule has 6 nitrogen and oxygen atoms in total. The lowest BCUT2D eigenvalue weighted by Crippen LogP contribution is -2.31. The number of hydrogen-bond donors (Lipinski definition) is 2. The van der Waals surface area contributed by atoms with Crippen LogP contribution in [0.5, 0.6) is 0 Å². The molecule has 0 saturated heterocycles. The van der Waals surface area contributed by atoms with Crippen molar-refractivity contribution in [3.63, 3.8) is 0 Å². The molecule has 0 saturated carbocycles. The summed E-state index contributed by atoms with van der Waals surface area (Å²) in [5.41, 5.74) is 1.19. The minimum absolute atomic E-state index is 0.153. The number of aromatic nitrogens is 2. The molecule has 0 bridgehead atoms. The first-order valence-corrected chi connectivity index (χ1v) is 7.02. The van der Waals surface area contributed by atoms with Crippen LogP contribution in [0.3, 0.4) is 0 Å². The number of H-pyrrole nitrogens is 1. The average Bonchev–Trinajstić information content (AvgIpc) is 2.51. The number of nitrogens with one attached hydrogen (secondary N) is 1. The number of carboxylic acid groups (broad SMARTS) is 1. The molecule has 3 aromatic rings. The van der Waals surface area contributed by atoms with E-state index in [-0.39, 0.29) is 12.1 Å². The molecular weight excluding hydrogens is 296 g/mol. The number of benzene rings is 2. The van der Waals surface area contributed by atoms with Crippen LogP contribution in [0, 0.1) is 6.92 Å². The SMILES string of the molecule is Cc1cccc2c1c(=O)[nH]c(=O)n2Cc1cccc(C(=O)O)c1. The molecule has 1 heterocycles. The van der Waals surface area contributed by atoms with Crippen LogP contribution in [-0.2, 0) is 6.54 Å². The highest BCUT2D eigenvalue weighted by Gasteiger charge is 2.10. The molecule has 0 radical (unpaired) electrons. The zero-order valence-electron chi connectivity index (χ0n) is 12.4. The largest absolute Gasteiger partial charge is 0.478 e. The van der Waals surface area contributed by atoms with Gasteiger partial charge in [0.15, 0.2) is 0 Å². The quantitative estimate of drug-likeness (QED) is 0.771. The van der Waals surface area contributed by atoms with Gasteiger partial charge in [-0.3, -0.25) is 14.3 Å². The fraction of sp³-hybridized carbons (Fsp3) is 0.118. The van der Waals surface area contributed by atoms with Crippen LogP contribution in [0.1, 0.15) is 21.5 Å². The van der Waals surface area contributed by atoms with Crippen molar-refractivity contribution in [1.29, 1.82) is 0 Å². The van der Waals surface area contributed by atoms with E-state index in [1.54, 1.807) is 37.3 Å². The minimum Gasteiger partial charge on any atom is -0.478 e. The standard InChI is InChI=1S/C17H14N2O4/c1-10-4-2-7-13-14(10)15(20)18-17(23)19(13)9-11-5-3-6-12(8-11)16(21)22/h2-8H,9H2,1H3,(H,21,22)(H,18,20,23). The Labute approximate surface area is 130 Å². The molecule has 2 aromatic carbocycles. The molecular formula is C17H14N2O4. The summed E-state index contributed by atoms with van der Waals surface area (Å²) < 4.78 is 1.44. The van der Waals surface area contributed by atoms with Crippen LogP contribution in [0.15, 0.2) is 52.1 Å². The summed E-state index contributed by atoms with van der Waals surface area (Å²) in [4.78, 5) is 37.6. The Kier molecular flexibility index (Phi) is 3.57. The maximum Gasteiger partial charge on any atom is 0.335 e. The normalized spacial score (nSPS) is 10.8. The summed E-state index contributed by atoms with van der Waals surface area (Å²) in [7, 11) is 0. The summed E-state index contributed by atoms with van der Waals surface area (Å²) in [5, 5.41) is 9.52. The second kappa shape index (κ2) is 5.57. The van der Waals surface area contributed by atoms with E-state index < -0.39 is 17.2 Å². The van der Waals surface area contributed by atoms with Crippen LogP contribution in [-0.4, -0.2) is 20.6 Å². The smallest absolute Gasteiger partial charge is 0.335 e. The molecule has 0 aliphatic carbocycles. The minimum atomic E-state index is -1.03. The Morgan fingerprint density at radius 1 is 1.17 bits per heavy atom. The van der Waals surface area contributed by atoms with Gasteiger partial charge in [-0.05, 0) is 36.2 Å². The second-order valence-corrected chi connectivity index (χ2v) is 5.32. The Hall–Kier alpha value is -3.15. The Balaban J connectivity index is 2.20. The van der Waals surface area contributed by atoms with Crippen LogP contribution in [0.4, 0.5) is 0 Å². The van der Waals surface area contributed by atoms with Gasteiger partial charge in [0.25, 0.3) is 5.56 Å². The predicted octanol–water partition coefficient (Wildman–Crippen LogP) is 1.74. The van der Waals surface area contributed by atoms with E-state index in [1.807, 2.05) is 0 Å². The first-order chi connectivity index (χ1) is 11.0. The summed E-state index contributed by atoms with van der Waals surface area (Å²) in [5.74, 6) is -1.03. The van der Waals surface area contributed by atoms with Crippen molar-refractivity contribution >= 4 is 16.9 Å². The number of carboxylic acids is 1. The van der Waals surface area contributed by atoms with Crippen LogP contribution in [0.2, 0.25) is 0 Å². The lowest BCUT2D eigenvalue weighted by atomic mass is 10.1. The van der Waals surface area contributed by atoms with Crippen molar-refractivity contribution in [1.82, 2.24) is 9.55 Å². The van der Waals surface area contributed by atoms with E-state index in [9.17, 15) is 14.4 Å². The summed E-state index contributed by atoms with van der Waals surface area (Å²) in [6.07, 6.45) is 0. The van der Waals surface area contributed by atoms with Crippen molar-refractivity contribution in [2.45, 2.75) is 13.5 Å². The molecule has 6 heteroatoms. The number of nitrogens with zero attached hydrogens (tertiary/aromatic N) is 1. The number of fused-ring (bicyclic) bond motifs is 1. The molecule has 1 aromatic heterocycles. The molecule has 0 aliphatic heterocycles. The second-order valence-electron chi connectivity index (χ2n) is 5.32. The molecule has 116 valence electrons. The van der Waals surface area contributed by atoms with Gasteiger partial charge in [-0.1, -0.05) is 24.3 Å². The number of aryl methyl sites for hydroxylation is 1. The van der Waals surface area contributed by atoms with Crippen LogP contribution < -0.4 is 11.2 Å². The maximum atomic E-state index is 12.2. The number of aromatic carboxylic acids is 1. The van der Waals surface area contributed by atoms with E-state index in [1.165, 1.54) is 16.7 Å². The van der Waals surface area contributed by atoms with Crippen molar-refractivity contribution in [2.24, 2.45) is 0 Å². The Morgan fingerprint density at radius 2 is 1.91 bits per heavy atom. The van der Waals surface area contributed by atoms with E-state index in [2.05, 4.69) is 4.98 Å². The zero-order chi connectivity index (χ0) is 16.6. The maximum absolute atomic E-state index is 12.2. The van der Waals surface area contributed by atoms with Gasteiger partial charge < -0.3 is 5.11 Å². The van der Waals surface area contributed by atoms with E-state index in [4.69, 9.17) is 5.11 Å². The van der Waals surface area contributed by atoms with Gasteiger partial charge >= 0.3 is 11.7 Å². The monoisotopic (exact) mass is 310 g/mol. The zero-order valence-corrected chi connectivity index (χ0v) is 12.4. The first-order valence-electron chi connectivity index (χ1n) is 7.02. The van der Waals surface area contributed by atoms with Crippen molar-refractivity contribution in [2.75, 3.05) is 0 Å². The molecule has 0 spiro atoms. The molecule has 2 N–H and O–H groups in total. The van der Waals surface area contributed by atoms with E-state index >= 15 is 0 Å². The third kappa shape index (κ3) is 2.66. The molecule has 3 rings (SSSR count). The molecule has 0 unspecified atom stereocenters. The lowest BCUT2D eigenvalue weighted by Gasteiger charge is -2.11. The number of rotatable bonds is 3. The van der Waals surface area contributed by atoms with Crippen molar-refractivity contribution < 1.29 is 9.90 Å². The third-order valence-corrected chi connectivity index (χ3v) is 3.75. The van der Waals surface area contributed by atoms with Crippen LogP contribution >= 0.6 is 0 Å². The summed E-state index contributed by atoms with van der Waals surface area (Å²) in [6, 6.07) is 11.7. The highest BCUT2D eigenvalue weighted by Crippen LogP contribution is 2.14. The molecule has 0 atom stereocenters. The van der Waals surface area contributed by atoms with Gasteiger partial charge in [0.05, 0.1) is 23.0 Å². The number of aromatic amines is 1. The molecule has 0 aliphatic rings.